The van der Waals surface area contributed by atoms with E-state index in [0.717, 1.165) is 18.1 Å². The molecule has 0 spiro atoms. The van der Waals surface area contributed by atoms with Crippen molar-refractivity contribution in [2.24, 2.45) is 0 Å². The summed E-state index contributed by atoms with van der Waals surface area (Å²) in [5.41, 5.74) is 0.598. The zero-order valence-electron chi connectivity index (χ0n) is 14.4. The molecule has 0 saturated heterocycles. The Hall–Kier alpha value is -2.87. The monoisotopic (exact) mass is 375 g/mol. The summed E-state index contributed by atoms with van der Waals surface area (Å²) in [5, 5.41) is 21.3. The number of hydrogen-bond acceptors (Lipinski definition) is 6. The van der Waals surface area contributed by atoms with Crippen molar-refractivity contribution >= 4 is 23.4 Å². The summed E-state index contributed by atoms with van der Waals surface area (Å²) < 4.78 is 7.07. The molecule has 0 aliphatic carbocycles. The molecule has 136 valence electrons. The Labute approximate surface area is 154 Å². The van der Waals surface area contributed by atoms with Crippen molar-refractivity contribution in [3.63, 3.8) is 0 Å². The summed E-state index contributed by atoms with van der Waals surface area (Å²) in [5.74, 6) is 0.864. The molecule has 8 nitrogen and oxygen atoms in total. The molecule has 0 atom stereocenters. The van der Waals surface area contributed by atoms with Crippen LogP contribution in [-0.2, 0) is 6.54 Å². The van der Waals surface area contributed by atoms with Gasteiger partial charge in [0.15, 0.2) is 17.1 Å². The standard InChI is InChI=1S/C17H18ClN5O3/c1-10-20-11(2)23(21-10)9-3-8-19-16-14(17(24)25)15(26-22-16)12-4-6-13(18)7-5-12/h4-7H,3,8-9H2,1-2H3,(H,19,22)(H,24,25). The highest BCUT2D eigenvalue weighted by Gasteiger charge is 2.23. The minimum absolute atomic E-state index is 0.0000956. The van der Waals surface area contributed by atoms with Crippen LogP contribution >= 0.6 is 11.6 Å². The smallest absolute Gasteiger partial charge is 0.343 e. The number of aromatic nitrogens is 4. The quantitative estimate of drug-likeness (QED) is 0.609. The number of aromatic carboxylic acids is 1. The Kier molecular flexibility index (Phi) is 5.22. The van der Waals surface area contributed by atoms with Crippen molar-refractivity contribution in [3.8, 4) is 11.3 Å². The minimum Gasteiger partial charge on any atom is -0.477 e. The van der Waals surface area contributed by atoms with Crippen LogP contribution in [0.1, 0.15) is 28.4 Å². The Bertz CT molecular complexity index is 917. The second-order valence-electron chi connectivity index (χ2n) is 5.76. The van der Waals surface area contributed by atoms with Gasteiger partial charge in [-0.25, -0.2) is 9.78 Å². The van der Waals surface area contributed by atoms with Gasteiger partial charge in [0.05, 0.1) is 0 Å². The zero-order valence-corrected chi connectivity index (χ0v) is 15.1. The molecule has 2 heterocycles. The lowest BCUT2D eigenvalue weighted by atomic mass is 10.1. The summed E-state index contributed by atoms with van der Waals surface area (Å²) in [6.45, 7) is 4.93. The van der Waals surface area contributed by atoms with Crippen molar-refractivity contribution in [1.29, 1.82) is 0 Å². The molecule has 0 aliphatic rings. The van der Waals surface area contributed by atoms with E-state index in [9.17, 15) is 9.90 Å². The van der Waals surface area contributed by atoms with Gasteiger partial charge < -0.3 is 14.9 Å². The Morgan fingerprint density at radius 1 is 1.31 bits per heavy atom. The fourth-order valence-electron chi connectivity index (χ4n) is 2.62. The predicted octanol–water partition coefficient (Wildman–Crippen LogP) is 3.40. The van der Waals surface area contributed by atoms with E-state index in [1.807, 2.05) is 18.5 Å². The highest BCUT2D eigenvalue weighted by molar-refractivity contribution is 6.30. The number of benzene rings is 1. The van der Waals surface area contributed by atoms with Crippen LogP contribution in [0.15, 0.2) is 28.8 Å². The van der Waals surface area contributed by atoms with Crippen molar-refractivity contribution in [2.45, 2.75) is 26.8 Å². The molecule has 2 N–H and O–H groups in total. The van der Waals surface area contributed by atoms with E-state index in [1.165, 1.54) is 0 Å². The third-order valence-electron chi connectivity index (χ3n) is 3.81. The van der Waals surface area contributed by atoms with Gasteiger partial charge in [-0.15, -0.1) is 0 Å². The number of carboxylic acid groups (broad SMARTS) is 1. The molecule has 0 fully saturated rings. The first-order valence-electron chi connectivity index (χ1n) is 8.06. The fraction of sp³-hybridized carbons (Fsp3) is 0.294. The summed E-state index contributed by atoms with van der Waals surface area (Å²) in [4.78, 5) is 15.9. The molecule has 0 amide bonds. The average Bonchev–Trinajstić information content (AvgIpc) is 3.15. The molecule has 26 heavy (non-hydrogen) atoms. The van der Waals surface area contributed by atoms with Gasteiger partial charge in [0.2, 0.25) is 0 Å². The number of rotatable bonds is 7. The van der Waals surface area contributed by atoms with Crippen molar-refractivity contribution < 1.29 is 14.4 Å². The van der Waals surface area contributed by atoms with Gasteiger partial charge in [-0.3, -0.25) is 4.68 Å². The van der Waals surface area contributed by atoms with Crippen LogP contribution in [-0.4, -0.2) is 37.5 Å². The molecule has 0 saturated carbocycles. The van der Waals surface area contributed by atoms with Crippen LogP contribution < -0.4 is 5.32 Å². The lowest BCUT2D eigenvalue weighted by molar-refractivity contribution is 0.0698. The molecule has 0 unspecified atom stereocenters. The van der Waals surface area contributed by atoms with Crippen LogP contribution in [0.5, 0.6) is 0 Å². The van der Waals surface area contributed by atoms with Gasteiger partial charge in [-0.05, 0) is 44.5 Å². The maximum atomic E-state index is 11.7. The largest absolute Gasteiger partial charge is 0.477 e. The Balaban J connectivity index is 1.69. The van der Waals surface area contributed by atoms with Crippen molar-refractivity contribution in [3.05, 3.63) is 46.5 Å². The highest BCUT2D eigenvalue weighted by Crippen LogP contribution is 2.30. The van der Waals surface area contributed by atoms with Crippen LogP contribution in [0.3, 0.4) is 0 Å². The zero-order chi connectivity index (χ0) is 18.7. The van der Waals surface area contributed by atoms with Gasteiger partial charge in [0.1, 0.15) is 11.6 Å². The molecular formula is C17H18ClN5O3. The van der Waals surface area contributed by atoms with E-state index < -0.39 is 5.97 Å². The van der Waals surface area contributed by atoms with Gasteiger partial charge in [-0.2, -0.15) is 5.10 Å². The lowest BCUT2D eigenvalue weighted by Gasteiger charge is -2.05. The summed E-state index contributed by atoms with van der Waals surface area (Å²) >= 11 is 5.87. The number of halogens is 1. The van der Waals surface area contributed by atoms with Crippen molar-refractivity contribution in [1.82, 2.24) is 19.9 Å². The van der Waals surface area contributed by atoms with E-state index in [2.05, 4.69) is 20.6 Å². The minimum atomic E-state index is -1.11. The number of nitrogens with one attached hydrogen (secondary N) is 1. The van der Waals surface area contributed by atoms with Gasteiger partial charge in [0.25, 0.3) is 0 Å². The first-order valence-corrected chi connectivity index (χ1v) is 8.44. The average molecular weight is 376 g/mol. The van der Waals surface area contributed by atoms with E-state index in [1.54, 1.807) is 24.3 Å². The molecule has 2 aromatic heterocycles. The highest BCUT2D eigenvalue weighted by atomic mass is 35.5. The molecule has 3 aromatic rings. The molecular weight excluding hydrogens is 358 g/mol. The van der Waals surface area contributed by atoms with E-state index in [0.29, 0.717) is 23.7 Å². The number of carbonyl (C=O) groups is 1. The Morgan fingerprint density at radius 3 is 2.65 bits per heavy atom. The molecule has 3 rings (SSSR count). The number of hydrogen-bond donors (Lipinski definition) is 2. The number of carboxylic acids is 1. The third-order valence-corrected chi connectivity index (χ3v) is 4.07. The van der Waals surface area contributed by atoms with Crippen LogP contribution in [0.25, 0.3) is 11.3 Å². The molecule has 9 heteroatoms. The molecule has 0 aliphatic heterocycles. The number of aryl methyl sites for hydroxylation is 3. The second kappa shape index (κ2) is 7.57. The normalized spacial score (nSPS) is 10.9. The number of nitrogens with zero attached hydrogens (tertiary/aromatic N) is 4. The maximum absolute atomic E-state index is 11.7. The predicted molar refractivity (Wildman–Crippen MR) is 96.5 cm³/mol. The topological polar surface area (TPSA) is 106 Å². The molecule has 1 aromatic carbocycles. The van der Waals surface area contributed by atoms with Crippen LogP contribution in [0, 0.1) is 13.8 Å². The van der Waals surface area contributed by atoms with E-state index in [-0.39, 0.29) is 17.1 Å². The lowest BCUT2D eigenvalue weighted by Crippen LogP contribution is -2.11. The van der Waals surface area contributed by atoms with E-state index >= 15 is 0 Å². The molecule has 0 radical (unpaired) electrons. The van der Waals surface area contributed by atoms with Gasteiger partial charge in [0, 0.05) is 23.7 Å². The fourth-order valence-corrected chi connectivity index (χ4v) is 2.74. The van der Waals surface area contributed by atoms with Crippen molar-refractivity contribution in [2.75, 3.05) is 11.9 Å². The first-order chi connectivity index (χ1) is 12.5. The summed E-state index contributed by atoms with van der Waals surface area (Å²) in [6.07, 6.45) is 0.728. The summed E-state index contributed by atoms with van der Waals surface area (Å²) in [7, 11) is 0. The third kappa shape index (κ3) is 3.85. The second-order valence-corrected chi connectivity index (χ2v) is 6.19. The Morgan fingerprint density at radius 2 is 2.04 bits per heavy atom. The number of anilines is 1. The van der Waals surface area contributed by atoms with Crippen LogP contribution in [0.4, 0.5) is 5.82 Å². The van der Waals surface area contributed by atoms with E-state index in [4.69, 9.17) is 16.1 Å². The summed E-state index contributed by atoms with van der Waals surface area (Å²) in [6, 6.07) is 6.71. The maximum Gasteiger partial charge on any atom is 0.343 e. The first kappa shape index (κ1) is 17.9. The van der Waals surface area contributed by atoms with Crippen LogP contribution in [0.2, 0.25) is 5.02 Å². The van der Waals surface area contributed by atoms with Gasteiger partial charge >= 0.3 is 5.97 Å². The SMILES string of the molecule is Cc1nc(C)n(CCCNc2noc(-c3ccc(Cl)cc3)c2C(=O)O)n1. The van der Waals surface area contributed by atoms with Gasteiger partial charge in [-0.1, -0.05) is 16.8 Å². The molecule has 0 bridgehead atoms.